The van der Waals surface area contributed by atoms with Gasteiger partial charge in [-0.15, -0.1) is 0 Å². The second kappa shape index (κ2) is 5.27. The molecule has 5 nitrogen and oxygen atoms in total. The first-order valence-corrected chi connectivity index (χ1v) is 4.62. The molecule has 0 heterocycles. The number of nitrogens with zero attached hydrogens (tertiary/aromatic N) is 1. The minimum absolute atomic E-state index is 0.0419. The van der Waals surface area contributed by atoms with Gasteiger partial charge >= 0.3 is 0 Å². The van der Waals surface area contributed by atoms with Crippen LogP contribution in [0, 0.1) is 10.1 Å². The Hall–Kier alpha value is -1.88. The van der Waals surface area contributed by atoms with E-state index in [1.165, 1.54) is 12.1 Å². The zero-order chi connectivity index (χ0) is 12.1. The molecule has 1 rings (SSSR count). The molecule has 0 aliphatic rings. The molecule has 0 spiro atoms. The van der Waals surface area contributed by atoms with Gasteiger partial charge in [0.2, 0.25) is 0 Å². The van der Waals surface area contributed by atoms with E-state index in [0.29, 0.717) is 6.29 Å². The molecule has 0 aromatic heterocycles. The van der Waals surface area contributed by atoms with E-state index in [1.807, 2.05) is 0 Å². The summed E-state index contributed by atoms with van der Waals surface area (Å²) < 4.78 is 5.14. The lowest BCUT2D eigenvalue weighted by molar-refractivity contribution is -0.384. The molecule has 0 aliphatic carbocycles. The lowest BCUT2D eigenvalue weighted by Crippen LogP contribution is -2.00. The molecule has 0 saturated carbocycles. The maximum absolute atomic E-state index is 10.7. The van der Waals surface area contributed by atoms with Crippen LogP contribution in [-0.4, -0.2) is 17.8 Å². The number of rotatable bonds is 5. The van der Waals surface area contributed by atoms with E-state index in [4.69, 9.17) is 16.3 Å². The van der Waals surface area contributed by atoms with Crippen LogP contribution in [0.25, 0.3) is 0 Å². The molecule has 0 amide bonds. The standard InChI is InChI=1S/C10H8ClNO4/c1-7(11)6-16-10-3-2-9(12(14)15)4-8(10)5-13/h2-5H,1,6H2. The van der Waals surface area contributed by atoms with Crippen LogP contribution in [0.1, 0.15) is 10.4 Å². The predicted molar refractivity (Wildman–Crippen MR) is 59.0 cm³/mol. The highest BCUT2D eigenvalue weighted by Crippen LogP contribution is 2.23. The van der Waals surface area contributed by atoms with E-state index in [9.17, 15) is 14.9 Å². The molecule has 16 heavy (non-hydrogen) atoms. The number of ether oxygens (including phenoxy) is 1. The number of hydrogen-bond acceptors (Lipinski definition) is 4. The van der Waals surface area contributed by atoms with Crippen LogP contribution >= 0.6 is 11.6 Å². The summed E-state index contributed by atoms with van der Waals surface area (Å²) in [6, 6.07) is 3.74. The van der Waals surface area contributed by atoms with Crippen LogP contribution in [0.5, 0.6) is 5.75 Å². The van der Waals surface area contributed by atoms with Gasteiger partial charge in [0.05, 0.1) is 10.5 Å². The van der Waals surface area contributed by atoms with Gasteiger partial charge in [0, 0.05) is 17.2 Å². The number of halogens is 1. The average molecular weight is 242 g/mol. The van der Waals surface area contributed by atoms with E-state index in [-0.39, 0.29) is 28.6 Å². The van der Waals surface area contributed by atoms with Gasteiger partial charge in [-0.3, -0.25) is 14.9 Å². The first kappa shape index (κ1) is 12.2. The van der Waals surface area contributed by atoms with E-state index >= 15 is 0 Å². The van der Waals surface area contributed by atoms with Gasteiger partial charge in [0.25, 0.3) is 5.69 Å². The van der Waals surface area contributed by atoms with E-state index < -0.39 is 4.92 Å². The fraction of sp³-hybridized carbons (Fsp3) is 0.100. The minimum atomic E-state index is -0.586. The number of benzene rings is 1. The van der Waals surface area contributed by atoms with Crippen LogP contribution in [0.15, 0.2) is 29.8 Å². The van der Waals surface area contributed by atoms with E-state index in [1.54, 1.807) is 0 Å². The molecule has 0 atom stereocenters. The summed E-state index contributed by atoms with van der Waals surface area (Å²) >= 11 is 5.49. The Morgan fingerprint density at radius 2 is 2.31 bits per heavy atom. The molecular weight excluding hydrogens is 234 g/mol. The Bertz CT molecular complexity index is 444. The SMILES string of the molecule is C=C(Cl)COc1ccc([N+](=O)[O-])cc1C=O. The van der Waals surface area contributed by atoms with Crippen LogP contribution in [-0.2, 0) is 0 Å². The third kappa shape index (κ3) is 3.06. The van der Waals surface area contributed by atoms with Gasteiger partial charge in [-0.1, -0.05) is 18.2 Å². The Balaban J connectivity index is 2.97. The maximum Gasteiger partial charge on any atom is 0.270 e. The number of nitro groups is 1. The Kier molecular flexibility index (Phi) is 4.02. The van der Waals surface area contributed by atoms with Gasteiger partial charge < -0.3 is 4.74 Å². The normalized spacial score (nSPS) is 9.56. The molecule has 0 N–H and O–H groups in total. The largest absolute Gasteiger partial charge is 0.487 e. The van der Waals surface area contributed by atoms with Gasteiger partial charge in [-0.2, -0.15) is 0 Å². The number of carbonyl (C=O) groups is 1. The molecule has 0 aliphatic heterocycles. The van der Waals surface area contributed by atoms with Crippen LogP contribution < -0.4 is 4.74 Å². The van der Waals surface area contributed by atoms with Gasteiger partial charge in [0.1, 0.15) is 12.4 Å². The van der Waals surface area contributed by atoms with Crippen molar-refractivity contribution < 1.29 is 14.5 Å². The molecule has 1 aromatic rings. The van der Waals surface area contributed by atoms with Crippen molar-refractivity contribution in [2.75, 3.05) is 6.61 Å². The quantitative estimate of drug-likeness (QED) is 0.451. The Labute approximate surface area is 96.4 Å². The van der Waals surface area contributed by atoms with E-state index in [2.05, 4.69) is 6.58 Å². The molecule has 84 valence electrons. The van der Waals surface area contributed by atoms with E-state index in [0.717, 1.165) is 6.07 Å². The van der Waals surface area contributed by atoms with Crippen molar-refractivity contribution in [1.29, 1.82) is 0 Å². The topological polar surface area (TPSA) is 69.4 Å². The number of non-ortho nitro benzene ring substituents is 1. The monoisotopic (exact) mass is 241 g/mol. The molecule has 0 radical (unpaired) electrons. The third-order valence-corrected chi connectivity index (χ3v) is 1.82. The highest BCUT2D eigenvalue weighted by molar-refractivity contribution is 6.29. The maximum atomic E-state index is 10.7. The fourth-order valence-corrected chi connectivity index (χ4v) is 1.08. The summed E-state index contributed by atoms with van der Waals surface area (Å²) in [4.78, 5) is 20.6. The lowest BCUT2D eigenvalue weighted by Gasteiger charge is -2.06. The summed E-state index contributed by atoms with van der Waals surface area (Å²) in [5.41, 5.74) is -0.0636. The van der Waals surface area contributed by atoms with Crippen molar-refractivity contribution in [3.8, 4) is 5.75 Å². The van der Waals surface area contributed by atoms with Crippen molar-refractivity contribution in [2.45, 2.75) is 0 Å². The lowest BCUT2D eigenvalue weighted by atomic mass is 10.2. The van der Waals surface area contributed by atoms with Gasteiger partial charge in [-0.05, 0) is 6.07 Å². The highest BCUT2D eigenvalue weighted by atomic mass is 35.5. The van der Waals surface area contributed by atoms with Crippen LogP contribution in [0.3, 0.4) is 0 Å². The van der Waals surface area contributed by atoms with Crippen molar-refractivity contribution in [3.63, 3.8) is 0 Å². The summed E-state index contributed by atoms with van der Waals surface area (Å²) in [6.07, 6.45) is 0.485. The summed E-state index contributed by atoms with van der Waals surface area (Å²) in [5, 5.41) is 10.7. The van der Waals surface area contributed by atoms with Crippen LogP contribution in [0.2, 0.25) is 0 Å². The number of nitro benzene ring substituents is 1. The number of hydrogen-bond donors (Lipinski definition) is 0. The first-order valence-electron chi connectivity index (χ1n) is 4.24. The molecule has 0 bridgehead atoms. The van der Waals surface area contributed by atoms with Crippen molar-refractivity contribution in [2.24, 2.45) is 0 Å². The van der Waals surface area contributed by atoms with Gasteiger partial charge in [-0.25, -0.2) is 0 Å². The molecule has 0 unspecified atom stereocenters. The molecular formula is C10H8ClNO4. The van der Waals surface area contributed by atoms with Crippen molar-refractivity contribution >= 4 is 23.6 Å². The van der Waals surface area contributed by atoms with Crippen LogP contribution in [0.4, 0.5) is 5.69 Å². The summed E-state index contributed by atoms with van der Waals surface area (Å²) in [7, 11) is 0. The second-order valence-electron chi connectivity index (χ2n) is 2.90. The highest BCUT2D eigenvalue weighted by Gasteiger charge is 2.11. The Morgan fingerprint density at radius 3 is 2.81 bits per heavy atom. The average Bonchev–Trinajstić information content (AvgIpc) is 2.25. The van der Waals surface area contributed by atoms with Crippen molar-refractivity contribution in [3.05, 3.63) is 45.5 Å². The van der Waals surface area contributed by atoms with Gasteiger partial charge in [0.15, 0.2) is 6.29 Å². The summed E-state index contributed by atoms with van der Waals surface area (Å²) in [6.45, 7) is 3.46. The minimum Gasteiger partial charge on any atom is -0.487 e. The Morgan fingerprint density at radius 1 is 1.62 bits per heavy atom. The molecule has 1 aromatic carbocycles. The fourth-order valence-electron chi connectivity index (χ4n) is 1.03. The number of aldehydes is 1. The number of carbonyl (C=O) groups excluding carboxylic acids is 1. The first-order chi connectivity index (χ1) is 7.54. The molecule has 0 saturated heterocycles. The second-order valence-corrected chi connectivity index (χ2v) is 3.44. The smallest absolute Gasteiger partial charge is 0.270 e. The third-order valence-electron chi connectivity index (χ3n) is 1.72. The predicted octanol–water partition coefficient (Wildman–Crippen LogP) is 2.54. The zero-order valence-corrected chi connectivity index (χ0v) is 8.94. The molecule has 0 fully saturated rings. The zero-order valence-electron chi connectivity index (χ0n) is 8.18. The van der Waals surface area contributed by atoms with Crippen molar-refractivity contribution in [1.82, 2.24) is 0 Å². The summed E-state index contributed by atoms with van der Waals surface area (Å²) in [5.74, 6) is 0.238. The molecule has 6 heteroatoms.